The van der Waals surface area contributed by atoms with E-state index in [0.717, 1.165) is 24.5 Å². The van der Waals surface area contributed by atoms with Crippen LogP contribution in [0.4, 0.5) is 5.13 Å². The Morgan fingerprint density at radius 2 is 2.28 bits per heavy atom. The third kappa shape index (κ3) is 3.96. The highest BCUT2D eigenvalue weighted by molar-refractivity contribution is 7.17. The molecule has 6 heteroatoms. The van der Waals surface area contributed by atoms with Crippen molar-refractivity contribution in [2.75, 3.05) is 32.2 Å². The number of carboxylic acids is 1. The molecule has 0 saturated heterocycles. The quantitative estimate of drug-likeness (QED) is 0.735. The van der Waals surface area contributed by atoms with Gasteiger partial charge in [0, 0.05) is 27.3 Å². The molecular weight excluding hydrogens is 252 g/mol. The van der Waals surface area contributed by atoms with Crippen LogP contribution >= 0.6 is 11.3 Å². The maximum atomic E-state index is 11.1. The number of rotatable bonds is 8. The van der Waals surface area contributed by atoms with Gasteiger partial charge in [-0.3, -0.25) is 0 Å². The van der Waals surface area contributed by atoms with Gasteiger partial charge in [-0.2, -0.15) is 0 Å². The largest absolute Gasteiger partial charge is 0.477 e. The van der Waals surface area contributed by atoms with Crippen LogP contribution in [-0.4, -0.2) is 43.4 Å². The predicted molar refractivity (Wildman–Crippen MR) is 72.8 cm³/mol. The first-order valence-corrected chi connectivity index (χ1v) is 6.84. The molecule has 0 bridgehead atoms. The number of ether oxygens (including phenoxy) is 1. The van der Waals surface area contributed by atoms with E-state index in [1.165, 1.54) is 11.3 Å². The molecule has 18 heavy (non-hydrogen) atoms. The number of hydrogen-bond donors (Lipinski definition) is 1. The van der Waals surface area contributed by atoms with E-state index in [0.29, 0.717) is 23.6 Å². The standard InChI is InChI=1S/C12H20N2O3S/c1-4-6-9-10(11(15)16)18-12(13-9)14(2)7-5-8-17-3/h4-8H2,1-3H3,(H,15,16). The zero-order valence-corrected chi connectivity index (χ0v) is 11.9. The molecule has 5 nitrogen and oxygen atoms in total. The van der Waals surface area contributed by atoms with Crippen LogP contribution in [0.15, 0.2) is 0 Å². The molecule has 1 N–H and O–H groups in total. The minimum absolute atomic E-state index is 0.366. The summed E-state index contributed by atoms with van der Waals surface area (Å²) >= 11 is 1.25. The number of carboxylic acid groups (broad SMARTS) is 1. The van der Waals surface area contributed by atoms with Gasteiger partial charge in [0.15, 0.2) is 5.13 Å². The maximum Gasteiger partial charge on any atom is 0.347 e. The van der Waals surface area contributed by atoms with Crippen molar-refractivity contribution in [3.05, 3.63) is 10.6 Å². The SMILES string of the molecule is CCCc1nc(N(C)CCCOC)sc1C(=O)O. The fraction of sp³-hybridized carbons (Fsp3) is 0.667. The van der Waals surface area contributed by atoms with Gasteiger partial charge in [-0.05, 0) is 12.8 Å². The summed E-state index contributed by atoms with van der Waals surface area (Å²) in [5.41, 5.74) is 0.698. The second-order valence-corrected chi connectivity index (χ2v) is 5.07. The van der Waals surface area contributed by atoms with E-state index in [2.05, 4.69) is 4.98 Å². The van der Waals surface area contributed by atoms with Crippen LogP contribution in [0.2, 0.25) is 0 Å². The molecule has 0 aromatic carbocycles. The van der Waals surface area contributed by atoms with Crippen molar-refractivity contribution in [1.29, 1.82) is 0 Å². The van der Waals surface area contributed by atoms with Crippen LogP contribution in [0.25, 0.3) is 0 Å². The molecule has 1 heterocycles. The Labute approximate surface area is 111 Å². The lowest BCUT2D eigenvalue weighted by atomic mass is 10.2. The number of aromatic carboxylic acids is 1. The molecule has 1 rings (SSSR count). The minimum Gasteiger partial charge on any atom is -0.477 e. The summed E-state index contributed by atoms with van der Waals surface area (Å²) in [6, 6.07) is 0. The summed E-state index contributed by atoms with van der Waals surface area (Å²) < 4.78 is 5.00. The van der Waals surface area contributed by atoms with Crippen LogP contribution in [-0.2, 0) is 11.2 Å². The lowest BCUT2D eigenvalue weighted by Gasteiger charge is -2.14. The summed E-state index contributed by atoms with van der Waals surface area (Å²) in [7, 11) is 3.60. The van der Waals surface area contributed by atoms with Gasteiger partial charge < -0.3 is 14.7 Å². The van der Waals surface area contributed by atoms with Gasteiger partial charge in [-0.25, -0.2) is 9.78 Å². The number of thiazole rings is 1. The van der Waals surface area contributed by atoms with Crippen molar-refractivity contribution in [3.63, 3.8) is 0 Å². The van der Waals surface area contributed by atoms with Crippen LogP contribution in [0.5, 0.6) is 0 Å². The van der Waals surface area contributed by atoms with Crippen molar-refractivity contribution >= 4 is 22.4 Å². The molecule has 0 aliphatic carbocycles. The highest BCUT2D eigenvalue weighted by atomic mass is 32.1. The summed E-state index contributed by atoms with van der Waals surface area (Å²) in [6.07, 6.45) is 2.51. The molecule has 102 valence electrons. The molecule has 1 aromatic rings. The lowest BCUT2D eigenvalue weighted by molar-refractivity contribution is 0.0700. The predicted octanol–water partition coefficient (Wildman–Crippen LogP) is 2.27. The molecule has 1 aromatic heterocycles. The molecule has 0 spiro atoms. The summed E-state index contributed by atoms with van der Waals surface area (Å²) in [4.78, 5) is 17.9. The zero-order valence-electron chi connectivity index (χ0n) is 11.1. The molecule has 0 aliphatic rings. The third-order valence-electron chi connectivity index (χ3n) is 2.54. The van der Waals surface area contributed by atoms with Gasteiger partial charge >= 0.3 is 5.97 Å². The van der Waals surface area contributed by atoms with Gasteiger partial charge in [0.2, 0.25) is 0 Å². The fourth-order valence-corrected chi connectivity index (χ4v) is 2.56. The van der Waals surface area contributed by atoms with E-state index in [1.54, 1.807) is 7.11 Å². The second-order valence-electron chi connectivity index (χ2n) is 4.10. The van der Waals surface area contributed by atoms with E-state index < -0.39 is 5.97 Å². The van der Waals surface area contributed by atoms with E-state index in [-0.39, 0.29) is 0 Å². The van der Waals surface area contributed by atoms with E-state index in [1.807, 2.05) is 18.9 Å². The topological polar surface area (TPSA) is 62.7 Å². The molecule has 0 radical (unpaired) electrons. The lowest BCUT2D eigenvalue weighted by Crippen LogP contribution is -2.19. The Morgan fingerprint density at radius 3 is 2.83 bits per heavy atom. The molecule has 0 saturated carbocycles. The maximum absolute atomic E-state index is 11.1. The number of aromatic nitrogens is 1. The highest BCUT2D eigenvalue weighted by Crippen LogP contribution is 2.26. The highest BCUT2D eigenvalue weighted by Gasteiger charge is 2.18. The monoisotopic (exact) mass is 272 g/mol. The summed E-state index contributed by atoms with van der Waals surface area (Å²) in [5, 5.41) is 9.90. The van der Waals surface area contributed by atoms with Gasteiger partial charge in [-0.1, -0.05) is 24.7 Å². The Bertz CT molecular complexity index is 393. The van der Waals surface area contributed by atoms with Gasteiger partial charge in [-0.15, -0.1) is 0 Å². The van der Waals surface area contributed by atoms with Crippen molar-refractivity contribution in [3.8, 4) is 0 Å². The Balaban J connectivity index is 2.76. The number of hydrogen-bond acceptors (Lipinski definition) is 5. The van der Waals surface area contributed by atoms with Crippen LogP contribution in [0.3, 0.4) is 0 Å². The molecule has 0 amide bonds. The number of nitrogens with zero attached hydrogens (tertiary/aromatic N) is 2. The zero-order chi connectivity index (χ0) is 13.5. The van der Waals surface area contributed by atoms with Crippen molar-refractivity contribution in [1.82, 2.24) is 4.98 Å². The smallest absolute Gasteiger partial charge is 0.347 e. The molecule has 0 aliphatic heterocycles. The first-order valence-electron chi connectivity index (χ1n) is 6.03. The van der Waals surface area contributed by atoms with Crippen molar-refractivity contribution in [2.24, 2.45) is 0 Å². The Hall–Kier alpha value is -1.14. The average molecular weight is 272 g/mol. The van der Waals surface area contributed by atoms with Gasteiger partial charge in [0.25, 0.3) is 0 Å². The number of methoxy groups -OCH3 is 1. The summed E-state index contributed by atoms with van der Waals surface area (Å²) in [5.74, 6) is -0.882. The normalized spacial score (nSPS) is 10.6. The first kappa shape index (κ1) is 14.9. The number of carbonyl (C=O) groups is 1. The van der Waals surface area contributed by atoms with E-state index in [4.69, 9.17) is 9.84 Å². The molecular formula is C12H20N2O3S. The molecule has 0 unspecified atom stereocenters. The average Bonchev–Trinajstić information content (AvgIpc) is 2.74. The van der Waals surface area contributed by atoms with E-state index >= 15 is 0 Å². The van der Waals surface area contributed by atoms with Crippen LogP contribution in [0.1, 0.15) is 35.1 Å². The Kier molecular flexibility index (Phi) is 6.07. The van der Waals surface area contributed by atoms with Crippen molar-refractivity contribution in [2.45, 2.75) is 26.2 Å². The summed E-state index contributed by atoms with van der Waals surface area (Å²) in [6.45, 7) is 3.53. The van der Waals surface area contributed by atoms with Gasteiger partial charge in [0.05, 0.1) is 5.69 Å². The third-order valence-corrected chi connectivity index (χ3v) is 3.74. The number of aryl methyl sites for hydroxylation is 1. The van der Waals surface area contributed by atoms with E-state index in [9.17, 15) is 4.79 Å². The Morgan fingerprint density at radius 1 is 1.56 bits per heavy atom. The van der Waals surface area contributed by atoms with Crippen LogP contribution in [0, 0.1) is 0 Å². The minimum atomic E-state index is -0.882. The number of anilines is 1. The first-order chi connectivity index (χ1) is 8.60. The molecule has 0 atom stereocenters. The fourth-order valence-electron chi connectivity index (χ4n) is 1.62. The molecule has 0 fully saturated rings. The van der Waals surface area contributed by atoms with Gasteiger partial charge in [0.1, 0.15) is 4.88 Å². The second kappa shape index (κ2) is 7.33. The van der Waals surface area contributed by atoms with Crippen molar-refractivity contribution < 1.29 is 14.6 Å². The van der Waals surface area contributed by atoms with Crippen LogP contribution < -0.4 is 4.90 Å².